The normalized spacial score (nSPS) is 11.3. The fourth-order valence-corrected chi connectivity index (χ4v) is 3.27. The summed E-state index contributed by atoms with van der Waals surface area (Å²) in [5.41, 5.74) is 4.79. The van der Waals surface area contributed by atoms with Crippen LogP contribution in [0.1, 0.15) is 11.3 Å². The largest absolute Gasteiger partial charge is 0.497 e. The lowest BCUT2D eigenvalue weighted by molar-refractivity contribution is 0.397. The van der Waals surface area contributed by atoms with Gasteiger partial charge < -0.3 is 9.47 Å². The van der Waals surface area contributed by atoms with Crippen LogP contribution in [0.3, 0.4) is 0 Å². The van der Waals surface area contributed by atoms with Gasteiger partial charge in [0.05, 0.1) is 30.5 Å². The molecular weight excluding hydrogens is 352 g/mol. The summed E-state index contributed by atoms with van der Waals surface area (Å²) in [6, 6.07) is 9.54. The Morgan fingerprint density at radius 2 is 1.81 bits per heavy atom. The molecule has 0 fully saturated rings. The zero-order valence-corrected chi connectivity index (χ0v) is 15.6. The number of aryl methyl sites for hydroxylation is 2. The molecule has 0 atom stereocenters. The van der Waals surface area contributed by atoms with E-state index in [1.54, 1.807) is 20.3 Å². The first kappa shape index (κ1) is 16.6. The Morgan fingerprint density at radius 3 is 2.54 bits per heavy atom. The van der Waals surface area contributed by atoms with Crippen LogP contribution in [-0.4, -0.2) is 33.8 Å². The first-order valence-corrected chi connectivity index (χ1v) is 8.45. The summed E-state index contributed by atoms with van der Waals surface area (Å²) in [6.07, 6.45) is 0. The fraction of sp³-hybridized carbons (Fsp3) is 0.211. The summed E-state index contributed by atoms with van der Waals surface area (Å²) in [7, 11) is 3.21. The van der Waals surface area contributed by atoms with E-state index < -0.39 is 0 Å². The van der Waals surface area contributed by atoms with Crippen molar-refractivity contribution in [1.82, 2.24) is 19.6 Å². The van der Waals surface area contributed by atoms with Crippen LogP contribution >= 0.6 is 11.6 Å². The van der Waals surface area contributed by atoms with Crippen molar-refractivity contribution in [2.24, 2.45) is 0 Å². The minimum absolute atomic E-state index is 0.585. The van der Waals surface area contributed by atoms with Gasteiger partial charge in [0.1, 0.15) is 11.6 Å². The molecule has 7 heteroatoms. The van der Waals surface area contributed by atoms with E-state index in [1.807, 2.05) is 42.5 Å². The van der Waals surface area contributed by atoms with Crippen molar-refractivity contribution in [3.05, 3.63) is 46.6 Å². The average Bonchev–Trinajstić information content (AvgIpc) is 2.99. The van der Waals surface area contributed by atoms with E-state index in [0.29, 0.717) is 33.5 Å². The van der Waals surface area contributed by atoms with E-state index in [9.17, 15) is 0 Å². The second kappa shape index (κ2) is 6.14. The first-order valence-electron chi connectivity index (χ1n) is 8.07. The van der Waals surface area contributed by atoms with E-state index in [-0.39, 0.29) is 0 Å². The molecule has 0 radical (unpaired) electrons. The molecule has 0 aliphatic carbocycles. The number of halogens is 1. The van der Waals surface area contributed by atoms with E-state index in [4.69, 9.17) is 26.1 Å². The number of imidazole rings is 1. The van der Waals surface area contributed by atoms with Crippen LogP contribution < -0.4 is 9.47 Å². The van der Waals surface area contributed by atoms with Crippen molar-refractivity contribution in [3.63, 3.8) is 0 Å². The molecule has 0 saturated heterocycles. The third-order valence-electron chi connectivity index (χ3n) is 4.35. The minimum atomic E-state index is 0.585. The SMILES string of the molecule is COc1cc(OC)c2nnc3c(C)nc(-c4cc(C)ccc4Cl)n3c2c1. The molecule has 2 heterocycles. The second-order valence-corrected chi connectivity index (χ2v) is 6.47. The van der Waals surface area contributed by atoms with Gasteiger partial charge in [-0.2, -0.15) is 0 Å². The Kier molecular flexibility index (Phi) is 3.92. The maximum atomic E-state index is 6.47. The quantitative estimate of drug-likeness (QED) is 0.541. The monoisotopic (exact) mass is 368 g/mol. The topological polar surface area (TPSA) is 61.5 Å². The lowest BCUT2D eigenvalue weighted by atomic mass is 10.1. The summed E-state index contributed by atoms with van der Waals surface area (Å²) < 4.78 is 12.8. The van der Waals surface area contributed by atoms with Crippen LogP contribution in [0.15, 0.2) is 30.3 Å². The van der Waals surface area contributed by atoms with Gasteiger partial charge in [-0.15, -0.1) is 10.2 Å². The fourth-order valence-electron chi connectivity index (χ4n) is 3.07. The van der Waals surface area contributed by atoms with Gasteiger partial charge in [-0.25, -0.2) is 4.98 Å². The highest BCUT2D eigenvalue weighted by molar-refractivity contribution is 6.33. The molecule has 4 aromatic rings. The van der Waals surface area contributed by atoms with Crippen molar-refractivity contribution in [3.8, 4) is 22.9 Å². The molecule has 2 aromatic heterocycles. The van der Waals surface area contributed by atoms with E-state index in [1.165, 1.54) is 0 Å². The maximum absolute atomic E-state index is 6.47. The summed E-state index contributed by atoms with van der Waals surface area (Å²) in [5, 5.41) is 9.32. The lowest BCUT2D eigenvalue weighted by Gasteiger charge is -2.11. The van der Waals surface area contributed by atoms with Gasteiger partial charge in [-0.1, -0.05) is 23.2 Å². The van der Waals surface area contributed by atoms with Crippen LogP contribution in [0.25, 0.3) is 28.1 Å². The van der Waals surface area contributed by atoms with Gasteiger partial charge in [0.25, 0.3) is 0 Å². The first-order chi connectivity index (χ1) is 12.5. The summed E-state index contributed by atoms with van der Waals surface area (Å²) >= 11 is 6.47. The van der Waals surface area contributed by atoms with Crippen molar-refractivity contribution in [2.75, 3.05) is 14.2 Å². The standard InChI is InChI=1S/C19H17ClN4O2/c1-10-5-6-14(20)13(7-10)19-21-11(2)18-23-22-17-15(24(18)19)8-12(25-3)9-16(17)26-4/h5-9H,1-4H3. The van der Waals surface area contributed by atoms with Crippen LogP contribution in [0, 0.1) is 13.8 Å². The Labute approximate surface area is 155 Å². The number of rotatable bonds is 3. The molecule has 0 spiro atoms. The van der Waals surface area contributed by atoms with Gasteiger partial charge in [0.15, 0.2) is 16.9 Å². The van der Waals surface area contributed by atoms with Crippen LogP contribution in [-0.2, 0) is 0 Å². The second-order valence-electron chi connectivity index (χ2n) is 6.06. The van der Waals surface area contributed by atoms with Gasteiger partial charge >= 0.3 is 0 Å². The predicted molar refractivity (Wildman–Crippen MR) is 101 cm³/mol. The van der Waals surface area contributed by atoms with Gasteiger partial charge in [-0.3, -0.25) is 4.40 Å². The molecule has 0 bridgehead atoms. The Bertz CT molecular complexity index is 1150. The van der Waals surface area contributed by atoms with Gasteiger partial charge in [0.2, 0.25) is 0 Å². The Balaban J connectivity index is 2.18. The maximum Gasteiger partial charge on any atom is 0.183 e. The molecule has 132 valence electrons. The summed E-state index contributed by atoms with van der Waals surface area (Å²) in [5.74, 6) is 1.96. The number of aromatic nitrogens is 4. The minimum Gasteiger partial charge on any atom is -0.497 e. The van der Waals surface area contributed by atoms with Crippen molar-refractivity contribution >= 4 is 28.3 Å². The molecule has 0 unspecified atom stereocenters. The number of methoxy groups -OCH3 is 2. The Morgan fingerprint density at radius 1 is 1.00 bits per heavy atom. The number of benzene rings is 2. The van der Waals surface area contributed by atoms with E-state index in [2.05, 4.69) is 10.2 Å². The van der Waals surface area contributed by atoms with Crippen molar-refractivity contribution < 1.29 is 9.47 Å². The van der Waals surface area contributed by atoms with Crippen LogP contribution in [0.4, 0.5) is 0 Å². The van der Waals surface area contributed by atoms with E-state index >= 15 is 0 Å². The molecular formula is C19H17ClN4O2. The number of fused-ring (bicyclic) bond motifs is 3. The molecule has 0 amide bonds. The predicted octanol–water partition coefficient (Wildman–Crippen LogP) is 4.23. The summed E-state index contributed by atoms with van der Waals surface area (Å²) in [4.78, 5) is 4.72. The average molecular weight is 369 g/mol. The van der Waals surface area contributed by atoms with Crippen molar-refractivity contribution in [2.45, 2.75) is 13.8 Å². The smallest absolute Gasteiger partial charge is 0.183 e. The number of hydrogen-bond donors (Lipinski definition) is 0. The molecule has 2 aromatic carbocycles. The Hall–Kier alpha value is -2.86. The van der Waals surface area contributed by atoms with Crippen LogP contribution in [0.5, 0.6) is 11.5 Å². The number of hydrogen-bond acceptors (Lipinski definition) is 5. The van der Waals surface area contributed by atoms with Gasteiger partial charge in [-0.05, 0) is 26.0 Å². The molecule has 26 heavy (non-hydrogen) atoms. The highest BCUT2D eigenvalue weighted by Crippen LogP contribution is 2.34. The highest BCUT2D eigenvalue weighted by Gasteiger charge is 2.19. The highest BCUT2D eigenvalue weighted by atomic mass is 35.5. The molecule has 0 aliphatic rings. The van der Waals surface area contributed by atoms with Crippen LogP contribution in [0.2, 0.25) is 5.02 Å². The summed E-state index contributed by atoms with van der Waals surface area (Å²) in [6.45, 7) is 3.92. The lowest BCUT2D eigenvalue weighted by Crippen LogP contribution is -2.00. The molecule has 4 rings (SSSR count). The third kappa shape index (κ3) is 2.45. The molecule has 0 saturated carbocycles. The van der Waals surface area contributed by atoms with E-state index in [0.717, 1.165) is 22.3 Å². The third-order valence-corrected chi connectivity index (χ3v) is 4.68. The van der Waals surface area contributed by atoms with Crippen molar-refractivity contribution in [1.29, 1.82) is 0 Å². The molecule has 6 nitrogen and oxygen atoms in total. The zero-order chi connectivity index (χ0) is 18.4. The zero-order valence-electron chi connectivity index (χ0n) is 14.9. The molecule has 0 aliphatic heterocycles. The number of ether oxygens (including phenoxy) is 2. The molecule has 0 N–H and O–H groups in total. The number of nitrogens with zero attached hydrogens (tertiary/aromatic N) is 4. The van der Waals surface area contributed by atoms with Gasteiger partial charge in [0, 0.05) is 17.7 Å².